The molecule has 0 aliphatic carbocycles. The molecule has 0 heterocycles. The molecule has 1 atom stereocenters. The van der Waals surface area contributed by atoms with E-state index in [1.165, 1.54) is 12.5 Å². The van der Waals surface area contributed by atoms with E-state index in [0.717, 1.165) is 5.92 Å². The lowest BCUT2D eigenvalue weighted by Gasteiger charge is -2.04. The summed E-state index contributed by atoms with van der Waals surface area (Å²) in [6.07, 6.45) is 1.34. The third kappa shape index (κ3) is 4.34. The van der Waals surface area contributed by atoms with Gasteiger partial charge in [-0.05, 0) is 19.0 Å². The number of hydrogen-bond acceptors (Lipinski definition) is 1. The molecule has 0 rings (SSSR count). The fourth-order valence-corrected chi connectivity index (χ4v) is 1.78. The van der Waals surface area contributed by atoms with Gasteiger partial charge >= 0.3 is 0 Å². The molecule has 2 heteroatoms. The smallest absolute Gasteiger partial charge is 0.0916 e. The van der Waals surface area contributed by atoms with Crippen LogP contribution in [0.5, 0.6) is 0 Å². The maximum Gasteiger partial charge on any atom is 0.0916 e. The molecule has 0 aromatic carbocycles. The third-order valence-electron chi connectivity index (χ3n) is 1.58. The minimum Gasteiger partial charge on any atom is -0.345 e. The third-order valence-corrected chi connectivity index (χ3v) is 3.36. The maximum absolute atomic E-state index is 3.27. The Bertz CT molecular complexity index is 47.8. The van der Waals surface area contributed by atoms with Gasteiger partial charge in [-0.25, -0.2) is 0 Å². The largest absolute Gasteiger partial charge is 0.345 e. The van der Waals surface area contributed by atoms with Gasteiger partial charge in [0.25, 0.3) is 0 Å². The van der Waals surface area contributed by atoms with Crippen LogP contribution in [0.25, 0.3) is 0 Å². The zero-order chi connectivity index (χ0) is 6.41. The molecule has 0 radical (unpaired) electrons. The Morgan fingerprint density at radius 3 is 2.62 bits per heavy atom. The van der Waals surface area contributed by atoms with Gasteiger partial charge in [-0.1, -0.05) is 20.3 Å². The summed E-state index contributed by atoms with van der Waals surface area (Å²) in [7, 11) is 2.18. The topological polar surface area (TPSA) is 12.0 Å². The normalized spacial score (nSPS) is 15.4. The Morgan fingerprint density at radius 1 is 1.62 bits per heavy atom. The Labute approximate surface area is 54.8 Å². The van der Waals surface area contributed by atoms with E-state index in [1.807, 2.05) is 0 Å². The zero-order valence-electron chi connectivity index (χ0n) is 6.20. The SMILES string of the molecule is CCC(C)C[SiH2]NC. The molecule has 0 saturated carbocycles. The van der Waals surface area contributed by atoms with Crippen LogP contribution < -0.4 is 4.98 Å². The fourth-order valence-electron chi connectivity index (χ4n) is 0.595. The van der Waals surface area contributed by atoms with E-state index in [9.17, 15) is 0 Å². The van der Waals surface area contributed by atoms with E-state index < -0.39 is 0 Å². The van der Waals surface area contributed by atoms with Crippen LogP contribution in [0.4, 0.5) is 0 Å². The Balaban J connectivity index is 2.86. The molecule has 0 bridgehead atoms. The lowest BCUT2D eigenvalue weighted by Crippen LogP contribution is -2.14. The number of hydrogen-bond donors (Lipinski definition) is 1. The van der Waals surface area contributed by atoms with Crippen LogP contribution >= 0.6 is 0 Å². The average Bonchev–Trinajstić information content (AvgIpc) is 1.83. The van der Waals surface area contributed by atoms with Crippen molar-refractivity contribution in [2.24, 2.45) is 5.92 Å². The molecule has 50 valence electrons. The monoisotopic (exact) mass is 131 g/mol. The van der Waals surface area contributed by atoms with Gasteiger partial charge in [0.2, 0.25) is 0 Å². The second kappa shape index (κ2) is 5.32. The summed E-state index contributed by atoms with van der Waals surface area (Å²) in [4.78, 5) is 3.27. The molecule has 0 fully saturated rings. The molecular formula is C6H17NSi. The van der Waals surface area contributed by atoms with Crippen molar-refractivity contribution in [1.82, 2.24) is 4.98 Å². The van der Waals surface area contributed by atoms with Crippen LogP contribution in [0.15, 0.2) is 0 Å². The van der Waals surface area contributed by atoms with E-state index in [-0.39, 0.29) is 9.68 Å². The molecule has 0 aromatic rings. The van der Waals surface area contributed by atoms with Gasteiger partial charge in [0.05, 0.1) is 9.68 Å². The Hall–Kier alpha value is 0.177. The highest BCUT2D eigenvalue weighted by Crippen LogP contribution is 2.03. The van der Waals surface area contributed by atoms with Crippen molar-refractivity contribution in [2.75, 3.05) is 7.05 Å². The molecule has 0 saturated heterocycles. The molecule has 0 aromatic heterocycles. The Kier molecular flexibility index (Phi) is 5.43. The lowest BCUT2D eigenvalue weighted by atomic mass is 10.2. The highest BCUT2D eigenvalue weighted by atomic mass is 28.2. The highest BCUT2D eigenvalue weighted by molar-refractivity contribution is 6.31. The molecule has 0 spiro atoms. The summed E-state index contributed by atoms with van der Waals surface area (Å²) in [5.41, 5.74) is 0. The standard InChI is InChI=1S/C6H17NSi/c1-4-6(2)5-8-7-3/h6-7H,4-5,8H2,1-3H3. The lowest BCUT2D eigenvalue weighted by molar-refractivity contribution is 0.620. The minimum absolute atomic E-state index is 0.113. The molecule has 8 heavy (non-hydrogen) atoms. The van der Waals surface area contributed by atoms with Gasteiger partial charge in [-0.15, -0.1) is 0 Å². The van der Waals surface area contributed by atoms with E-state index in [0.29, 0.717) is 0 Å². The first-order valence-corrected chi connectivity index (χ1v) is 5.16. The molecule has 0 aliphatic rings. The minimum atomic E-state index is 0.113. The summed E-state index contributed by atoms with van der Waals surface area (Å²) >= 11 is 0. The highest BCUT2D eigenvalue weighted by Gasteiger charge is 1.95. The number of rotatable bonds is 4. The molecule has 1 N–H and O–H groups in total. The molecule has 1 nitrogen and oxygen atoms in total. The predicted octanol–water partition coefficient (Wildman–Crippen LogP) is 0.754. The van der Waals surface area contributed by atoms with Crippen molar-refractivity contribution in [3.05, 3.63) is 0 Å². The predicted molar refractivity (Wildman–Crippen MR) is 41.9 cm³/mol. The van der Waals surface area contributed by atoms with Gasteiger partial charge in [-0.2, -0.15) is 0 Å². The van der Waals surface area contributed by atoms with Crippen LogP contribution in [0.1, 0.15) is 20.3 Å². The molecular weight excluding hydrogens is 114 g/mol. The summed E-state index contributed by atoms with van der Waals surface area (Å²) in [6.45, 7) is 4.58. The first-order valence-electron chi connectivity index (χ1n) is 3.45. The number of nitrogens with one attached hydrogen (secondary N) is 1. The first-order chi connectivity index (χ1) is 3.81. The summed E-state index contributed by atoms with van der Waals surface area (Å²) in [5.74, 6) is 0.953. The van der Waals surface area contributed by atoms with E-state index in [2.05, 4.69) is 25.9 Å². The van der Waals surface area contributed by atoms with Crippen LogP contribution in [0, 0.1) is 5.92 Å². The van der Waals surface area contributed by atoms with E-state index in [1.54, 1.807) is 0 Å². The van der Waals surface area contributed by atoms with Crippen molar-refractivity contribution in [3.8, 4) is 0 Å². The van der Waals surface area contributed by atoms with Gasteiger partial charge in [0.15, 0.2) is 0 Å². The maximum atomic E-state index is 3.27. The molecule has 1 unspecified atom stereocenters. The van der Waals surface area contributed by atoms with Gasteiger partial charge in [0.1, 0.15) is 0 Å². The summed E-state index contributed by atoms with van der Waals surface area (Å²) in [5, 5.41) is 0. The van der Waals surface area contributed by atoms with Crippen molar-refractivity contribution in [1.29, 1.82) is 0 Å². The van der Waals surface area contributed by atoms with Crippen molar-refractivity contribution < 1.29 is 0 Å². The summed E-state index contributed by atoms with van der Waals surface area (Å²) < 4.78 is 0. The fraction of sp³-hybridized carbons (Fsp3) is 1.00. The van der Waals surface area contributed by atoms with Crippen molar-refractivity contribution in [2.45, 2.75) is 26.3 Å². The van der Waals surface area contributed by atoms with Crippen LogP contribution in [-0.2, 0) is 0 Å². The molecule has 0 aliphatic heterocycles. The van der Waals surface area contributed by atoms with Crippen LogP contribution in [0.2, 0.25) is 6.04 Å². The van der Waals surface area contributed by atoms with E-state index in [4.69, 9.17) is 0 Å². The summed E-state index contributed by atoms with van der Waals surface area (Å²) in [6, 6.07) is 1.45. The Morgan fingerprint density at radius 2 is 2.25 bits per heavy atom. The molecule has 0 amide bonds. The van der Waals surface area contributed by atoms with Crippen LogP contribution in [0.3, 0.4) is 0 Å². The first kappa shape index (κ1) is 8.18. The average molecular weight is 131 g/mol. The zero-order valence-corrected chi connectivity index (χ0v) is 7.61. The van der Waals surface area contributed by atoms with E-state index >= 15 is 0 Å². The van der Waals surface area contributed by atoms with Crippen molar-refractivity contribution >= 4 is 9.68 Å². The van der Waals surface area contributed by atoms with Crippen molar-refractivity contribution in [3.63, 3.8) is 0 Å². The quantitative estimate of drug-likeness (QED) is 0.555. The second-order valence-electron chi connectivity index (χ2n) is 2.41. The van der Waals surface area contributed by atoms with Gasteiger partial charge in [-0.3, -0.25) is 0 Å². The second-order valence-corrected chi connectivity index (χ2v) is 4.19. The van der Waals surface area contributed by atoms with Crippen LogP contribution in [-0.4, -0.2) is 16.7 Å². The van der Waals surface area contributed by atoms with Gasteiger partial charge in [0, 0.05) is 0 Å². The van der Waals surface area contributed by atoms with Gasteiger partial charge < -0.3 is 4.98 Å².